The van der Waals surface area contributed by atoms with Crippen LogP contribution in [-0.4, -0.2) is 9.97 Å². The molecule has 0 aliphatic rings. The number of nitrogens with two attached hydrogens (primary N) is 1. The topological polar surface area (TPSA) is 50.9 Å². The van der Waals surface area contributed by atoms with E-state index in [0.717, 1.165) is 28.1 Å². The van der Waals surface area contributed by atoms with Crippen molar-refractivity contribution >= 4 is 40.3 Å². The number of hydrogen-bond acceptors (Lipinski definition) is 3. The second-order valence-electron chi connectivity index (χ2n) is 4.75. The summed E-state index contributed by atoms with van der Waals surface area (Å²) in [7, 11) is 0. The van der Waals surface area contributed by atoms with Crippen molar-refractivity contribution < 1.29 is 0 Å². The molecule has 5 heteroatoms. The number of aryl methyl sites for hydroxylation is 3. The van der Waals surface area contributed by atoms with Gasteiger partial charge in [0, 0.05) is 16.4 Å². The van der Waals surface area contributed by atoms with Gasteiger partial charge >= 0.3 is 0 Å². The smallest absolute Gasteiger partial charge is 0.141 e. The lowest BCUT2D eigenvalue weighted by molar-refractivity contribution is 1.16. The Morgan fingerprint density at radius 1 is 1.20 bits per heavy atom. The minimum Gasteiger partial charge on any atom is -0.389 e. The molecule has 0 spiro atoms. The van der Waals surface area contributed by atoms with Gasteiger partial charge < -0.3 is 11.1 Å². The predicted octanol–water partition coefficient (Wildman–Crippen LogP) is 4.04. The van der Waals surface area contributed by atoms with Crippen LogP contribution in [0.1, 0.15) is 22.4 Å². The first-order chi connectivity index (χ1) is 9.38. The summed E-state index contributed by atoms with van der Waals surface area (Å²) in [6.07, 6.45) is 0. The third kappa shape index (κ3) is 3.08. The summed E-state index contributed by atoms with van der Waals surface area (Å²) in [5, 5.41) is 3.95. The molecular weight excluding hydrogens is 290 g/mol. The van der Waals surface area contributed by atoms with Crippen LogP contribution in [0.4, 0.5) is 11.5 Å². The van der Waals surface area contributed by atoms with Crippen molar-refractivity contribution in [3.63, 3.8) is 0 Å². The van der Waals surface area contributed by atoms with Crippen LogP contribution >= 0.6 is 23.8 Å². The van der Waals surface area contributed by atoms with Gasteiger partial charge in [-0.25, -0.2) is 4.98 Å². The number of aromatic nitrogens is 1. The van der Waals surface area contributed by atoms with E-state index in [1.165, 1.54) is 0 Å². The highest BCUT2D eigenvalue weighted by atomic mass is 35.5. The average molecular weight is 306 g/mol. The minimum absolute atomic E-state index is 0.331. The summed E-state index contributed by atoms with van der Waals surface area (Å²) in [5.74, 6) is 0.667. The van der Waals surface area contributed by atoms with E-state index in [1.54, 1.807) is 0 Å². The normalized spacial score (nSPS) is 10.4. The molecule has 0 saturated heterocycles. The van der Waals surface area contributed by atoms with Crippen molar-refractivity contribution in [3.8, 4) is 0 Å². The standard InChI is InChI=1S/C15H16ClN3S/c1-8-4-5-11(16)7-12(8)19-15-13(14(17)20)9(2)6-10(3)18-15/h4-7H,1-3H3,(H2,17,20)(H,18,19). The van der Waals surface area contributed by atoms with Gasteiger partial charge in [-0.1, -0.05) is 29.9 Å². The van der Waals surface area contributed by atoms with Crippen LogP contribution in [0.15, 0.2) is 24.3 Å². The Bertz CT molecular complexity index is 683. The summed E-state index contributed by atoms with van der Waals surface area (Å²) in [4.78, 5) is 4.83. The molecule has 1 aromatic heterocycles. The van der Waals surface area contributed by atoms with Gasteiger partial charge in [-0.2, -0.15) is 0 Å². The van der Waals surface area contributed by atoms with Crippen LogP contribution in [0.3, 0.4) is 0 Å². The number of thiocarbonyl (C=S) groups is 1. The molecule has 20 heavy (non-hydrogen) atoms. The van der Waals surface area contributed by atoms with Gasteiger partial charge in [-0.3, -0.25) is 0 Å². The summed E-state index contributed by atoms with van der Waals surface area (Å²) < 4.78 is 0. The van der Waals surface area contributed by atoms with E-state index < -0.39 is 0 Å². The first-order valence-electron chi connectivity index (χ1n) is 6.19. The summed E-state index contributed by atoms with van der Waals surface area (Å²) in [6, 6.07) is 7.63. The number of hydrogen-bond donors (Lipinski definition) is 2. The van der Waals surface area contributed by atoms with E-state index in [4.69, 9.17) is 29.6 Å². The van der Waals surface area contributed by atoms with Crippen molar-refractivity contribution in [3.05, 3.63) is 51.7 Å². The molecule has 3 nitrogen and oxygen atoms in total. The molecule has 0 unspecified atom stereocenters. The fraction of sp³-hybridized carbons (Fsp3) is 0.200. The maximum absolute atomic E-state index is 6.04. The molecule has 2 aromatic rings. The number of rotatable bonds is 3. The van der Waals surface area contributed by atoms with Crippen LogP contribution in [-0.2, 0) is 0 Å². The molecule has 0 amide bonds. The van der Waals surface area contributed by atoms with Gasteiger partial charge in [0.2, 0.25) is 0 Å². The van der Waals surface area contributed by atoms with Gasteiger partial charge in [-0.15, -0.1) is 0 Å². The largest absolute Gasteiger partial charge is 0.389 e. The third-order valence-electron chi connectivity index (χ3n) is 3.04. The lowest BCUT2D eigenvalue weighted by Crippen LogP contribution is -2.15. The molecular formula is C15H16ClN3S. The molecule has 0 atom stereocenters. The van der Waals surface area contributed by atoms with E-state index in [0.29, 0.717) is 15.8 Å². The first-order valence-corrected chi connectivity index (χ1v) is 6.98. The van der Waals surface area contributed by atoms with E-state index in [-0.39, 0.29) is 0 Å². The second kappa shape index (κ2) is 5.77. The second-order valence-corrected chi connectivity index (χ2v) is 5.63. The molecule has 1 aromatic carbocycles. The summed E-state index contributed by atoms with van der Waals surface area (Å²) in [5.41, 5.74) is 10.5. The first kappa shape index (κ1) is 14.8. The molecule has 2 rings (SSSR count). The molecule has 1 heterocycles. The number of anilines is 2. The number of nitrogens with one attached hydrogen (secondary N) is 1. The Morgan fingerprint density at radius 3 is 2.55 bits per heavy atom. The Kier molecular flexibility index (Phi) is 4.26. The Labute approximate surface area is 129 Å². The highest BCUT2D eigenvalue weighted by molar-refractivity contribution is 7.80. The highest BCUT2D eigenvalue weighted by Gasteiger charge is 2.12. The van der Waals surface area contributed by atoms with Gasteiger partial charge in [-0.05, 0) is 50.1 Å². The minimum atomic E-state index is 0.331. The molecule has 3 N–H and O–H groups in total. The van der Waals surface area contributed by atoms with Gasteiger partial charge in [0.25, 0.3) is 0 Å². The number of nitrogens with zero attached hydrogens (tertiary/aromatic N) is 1. The van der Waals surface area contributed by atoms with Crippen molar-refractivity contribution in [1.82, 2.24) is 4.98 Å². The van der Waals surface area contributed by atoms with Crippen molar-refractivity contribution in [2.45, 2.75) is 20.8 Å². The lowest BCUT2D eigenvalue weighted by Gasteiger charge is -2.15. The Morgan fingerprint density at radius 2 is 1.90 bits per heavy atom. The molecule has 0 aliphatic heterocycles. The molecule has 0 fully saturated rings. The molecule has 0 bridgehead atoms. The fourth-order valence-corrected chi connectivity index (χ4v) is 2.52. The van der Waals surface area contributed by atoms with Crippen molar-refractivity contribution in [2.24, 2.45) is 5.73 Å². The zero-order valence-corrected chi connectivity index (χ0v) is 13.2. The van der Waals surface area contributed by atoms with Gasteiger partial charge in [0.1, 0.15) is 10.8 Å². The van der Waals surface area contributed by atoms with Crippen molar-refractivity contribution in [1.29, 1.82) is 0 Å². The Hall–Kier alpha value is -1.65. The third-order valence-corrected chi connectivity index (χ3v) is 3.48. The van der Waals surface area contributed by atoms with E-state index in [2.05, 4.69) is 10.3 Å². The van der Waals surface area contributed by atoms with Crippen LogP contribution in [0.25, 0.3) is 0 Å². The lowest BCUT2D eigenvalue weighted by atomic mass is 10.1. The summed E-state index contributed by atoms with van der Waals surface area (Å²) >= 11 is 11.2. The summed E-state index contributed by atoms with van der Waals surface area (Å²) in [6.45, 7) is 5.91. The zero-order chi connectivity index (χ0) is 14.9. The van der Waals surface area contributed by atoms with Crippen LogP contribution in [0.2, 0.25) is 5.02 Å². The van der Waals surface area contributed by atoms with E-state index in [9.17, 15) is 0 Å². The van der Waals surface area contributed by atoms with E-state index in [1.807, 2.05) is 45.0 Å². The molecule has 0 aliphatic carbocycles. The number of benzene rings is 1. The number of pyridine rings is 1. The van der Waals surface area contributed by atoms with Crippen molar-refractivity contribution in [2.75, 3.05) is 5.32 Å². The van der Waals surface area contributed by atoms with Crippen LogP contribution < -0.4 is 11.1 Å². The zero-order valence-electron chi connectivity index (χ0n) is 11.6. The van der Waals surface area contributed by atoms with Gasteiger partial charge in [0.05, 0.1) is 5.56 Å². The quantitative estimate of drug-likeness (QED) is 0.840. The molecule has 0 saturated carbocycles. The van der Waals surface area contributed by atoms with E-state index >= 15 is 0 Å². The molecule has 104 valence electrons. The highest BCUT2D eigenvalue weighted by Crippen LogP contribution is 2.27. The van der Waals surface area contributed by atoms with Crippen LogP contribution in [0, 0.1) is 20.8 Å². The predicted molar refractivity (Wildman–Crippen MR) is 89.1 cm³/mol. The SMILES string of the molecule is Cc1cc(C)c(C(N)=S)c(Nc2cc(Cl)ccc2C)n1. The molecule has 0 radical (unpaired) electrons. The maximum Gasteiger partial charge on any atom is 0.141 e. The monoisotopic (exact) mass is 305 g/mol. The van der Waals surface area contributed by atoms with Crippen LogP contribution in [0.5, 0.6) is 0 Å². The van der Waals surface area contributed by atoms with Gasteiger partial charge in [0.15, 0.2) is 0 Å². The average Bonchev–Trinajstić information content (AvgIpc) is 2.32. The Balaban J connectivity index is 2.53. The fourth-order valence-electron chi connectivity index (χ4n) is 2.09. The maximum atomic E-state index is 6.04. The number of halogens is 1.